The largest absolute Gasteiger partial charge is 0.542 e. The first kappa shape index (κ1) is 9.80. The molecule has 0 aliphatic heterocycles. The second-order valence-corrected chi connectivity index (χ2v) is 5.33. The molecular weight excluding hydrogens is 232 g/mol. The summed E-state index contributed by atoms with van der Waals surface area (Å²) in [5.41, 5.74) is 1.23. The van der Waals surface area contributed by atoms with Gasteiger partial charge in [-0.15, -0.1) is 0 Å². The summed E-state index contributed by atoms with van der Waals surface area (Å²) in [5.74, 6) is 1.02. The van der Waals surface area contributed by atoms with Gasteiger partial charge in [0.2, 0.25) is 0 Å². The second-order valence-electron chi connectivity index (χ2n) is 2.75. The van der Waals surface area contributed by atoms with Gasteiger partial charge >= 0.3 is 0 Å². The van der Waals surface area contributed by atoms with Crippen molar-refractivity contribution in [3.05, 3.63) is 29.8 Å². The van der Waals surface area contributed by atoms with Crippen molar-refractivity contribution in [3.8, 4) is 5.75 Å². The Hall–Kier alpha value is -0.283. The molecule has 0 fully saturated rings. The van der Waals surface area contributed by atoms with Gasteiger partial charge in [0.15, 0.2) is 0 Å². The van der Waals surface area contributed by atoms with Crippen molar-refractivity contribution in [3.63, 3.8) is 0 Å². The Kier molecular flexibility index (Phi) is 3.82. The zero-order valence-corrected chi connectivity index (χ0v) is 9.89. The minimum absolute atomic E-state index is 0.640. The van der Waals surface area contributed by atoms with Crippen LogP contribution >= 0.6 is 15.9 Å². The van der Waals surface area contributed by atoms with Gasteiger partial charge in [-0.1, -0.05) is 34.1 Å². The van der Waals surface area contributed by atoms with Gasteiger partial charge in [-0.05, 0) is 19.2 Å². The Morgan fingerprint density at radius 3 is 2.58 bits per heavy atom. The van der Waals surface area contributed by atoms with Gasteiger partial charge in [0, 0.05) is 10.9 Å². The molecule has 0 bridgehead atoms. The van der Waals surface area contributed by atoms with Crippen molar-refractivity contribution in [1.82, 2.24) is 0 Å². The predicted octanol–water partition coefficient (Wildman–Crippen LogP) is 3.21. The molecule has 0 aliphatic rings. The standard InChI is InChI=1S/C9H12BrOSi/c1-12(2)11-9-6-4-3-5-8(9)7-10/h3-6H,7H2,1-2H3. The van der Waals surface area contributed by atoms with E-state index in [-0.39, 0.29) is 0 Å². The number of hydrogen-bond acceptors (Lipinski definition) is 1. The van der Waals surface area contributed by atoms with Crippen molar-refractivity contribution in [2.75, 3.05) is 0 Å². The Morgan fingerprint density at radius 1 is 1.33 bits per heavy atom. The van der Waals surface area contributed by atoms with Crippen LogP contribution in [0.5, 0.6) is 5.75 Å². The third-order valence-electron chi connectivity index (χ3n) is 1.43. The van der Waals surface area contributed by atoms with E-state index in [9.17, 15) is 0 Å². The summed E-state index contributed by atoms with van der Waals surface area (Å²) in [6.45, 7) is 4.27. The molecule has 0 amide bonds. The highest BCUT2D eigenvalue weighted by Gasteiger charge is 2.03. The molecule has 1 rings (SSSR count). The third-order valence-corrected chi connectivity index (χ3v) is 2.66. The second kappa shape index (κ2) is 4.67. The molecular formula is C9H12BrOSi. The first-order valence-electron chi connectivity index (χ1n) is 3.86. The van der Waals surface area contributed by atoms with E-state index in [0.29, 0.717) is 0 Å². The number of halogens is 1. The monoisotopic (exact) mass is 243 g/mol. The maximum atomic E-state index is 5.71. The van der Waals surface area contributed by atoms with E-state index >= 15 is 0 Å². The first-order chi connectivity index (χ1) is 5.74. The maximum Gasteiger partial charge on any atom is 0.274 e. The van der Waals surface area contributed by atoms with Crippen molar-refractivity contribution in [2.24, 2.45) is 0 Å². The Bertz CT molecular complexity index is 250. The summed E-state index contributed by atoms with van der Waals surface area (Å²) in [7, 11) is -0.640. The van der Waals surface area contributed by atoms with Gasteiger partial charge in [0.25, 0.3) is 9.04 Å². The molecule has 1 aromatic rings. The fourth-order valence-corrected chi connectivity index (χ4v) is 2.04. The number of para-hydroxylation sites is 1. The topological polar surface area (TPSA) is 9.23 Å². The first-order valence-corrected chi connectivity index (χ1v) is 7.39. The molecule has 0 saturated carbocycles. The van der Waals surface area contributed by atoms with E-state index in [1.165, 1.54) is 5.56 Å². The summed E-state index contributed by atoms with van der Waals surface area (Å²) in [6, 6.07) is 8.14. The van der Waals surface area contributed by atoms with Crippen LogP contribution in [-0.4, -0.2) is 9.04 Å². The van der Waals surface area contributed by atoms with E-state index in [4.69, 9.17) is 4.43 Å². The molecule has 1 radical (unpaired) electrons. The fraction of sp³-hybridized carbons (Fsp3) is 0.333. The highest BCUT2D eigenvalue weighted by atomic mass is 79.9. The highest BCUT2D eigenvalue weighted by Crippen LogP contribution is 2.20. The quantitative estimate of drug-likeness (QED) is 0.586. The summed E-state index contributed by atoms with van der Waals surface area (Å²) in [4.78, 5) is 0. The van der Waals surface area contributed by atoms with E-state index < -0.39 is 9.04 Å². The van der Waals surface area contributed by atoms with E-state index in [0.717, 1.165) is 11.1 Å². The summed E-state index contributed by atoms with van der Waals surface area (Å²) in [5, 5.41) is 0.859. The van der Waals surface area contributed by atoms with Crippen LogP contribution in [0.3, 0.4) is 0 Å². The molecule has 0 unspecified atom stereocenters. The molecule has 0 N–H and O–H groups in total. The van der Waals surface area contributed by atoms with E-state index in [2.05, 4.69) is 35.1 Å². The van der Waals surface area contributed by atoms with Crippen molar-refractivity contribution < 1.29 is 4.43 Å². The van der Waals surface area contributed by atoms with Gasteiger partial charge in [-0.25, -0.2) is 0 Å². The minimum Gasteiger partial charge on any atom is -0.542 e. The van der Waals surface area contributed by atoms with Gasteiger partial charge in [0.1, 0.15) is 5.75 Å². The molecule has 3 heteroatoms. The summed E-state index contributed by atoms with van der Waals surface area (Å²) >= 11 is 3.43. The van der Waals surface area contributed by atoms with Gasteiger partial charge in [-0.2, -0.15) is 0 Å². The average Bonchev–Trinajstić information content (AvgIpc) is 2.04. The zero-order chi connectivity index (χ0) is 8.97. The number of hydrogen-bond donors (Lipinski definition) is 0. The Balaban J connectivity index is 2.82. The van der Waals surface area contributed by atoms with Crippen LogP contribution in [0, 0.1) is 0 Å². The molecule has 0 atom stereocenters. The lowest BCUT2D eigenvalue weighted by Crippen LogP contribution is -2.12. The molecule has 12 heavy (non-hydrogen) atoms. The number of rotatable bonds is 3. The smallest absolute Gasteiger partial charge is 0.274 e. The summed E-state index contributed by atoms with van der Waals surface area (Å²) < 4.78 is 5.71. The van der Waals surface area contributed by atoms with Crippen LogP contribution in [0.1, 0.15) is 5.56 Å². The van der Waals surface area contributed by atoms with Crippen molar-refractivity contribution in [2.45, 2.75) is 18.4 Å². The van der Waals surface area contributed by atoms with Crippen LogP contribution in [0.25, 0.3) is 0 Å². The normalized spacial score (nSPS) is 10.3. The molecule has 0 aliphatic carbocycles. The van der Waals surface area contributed by atoms with Gasteiger partial charge in [-0.3, -0.25) is 0 Å². The Labute approximate surface area is 83.6 Å². The fourth-order valence-electron chi connectivity index (χ4n) is 0.934. The van der Waals surface area contributed by atoms with Crippen LogP contribution in [0.15, 0.2) is 24.3 Å². The lowest BCUT2D eigenvalue weighted by Gasteiger charge is -2.11. The molecule has 0 spiro atoms. The molecule has 0 aromatic heterocycles. The minimum atomic E-state index is -0.640. The van der Waals surface area contributed by atoms with Crippen LogP contribution in [-0.2, 0) is 5.33 Å². The highest BCUT2D eigenvalue weighted by molar-refractivity contribution is 9.08. The van der Waals surface area contributed by atoms with Crippen molar-refractivity contribution >= 4 is 25.0 Å². The van der Waals surface area contributed by atoms with Crippen molar-refractivity contribution in [1.29, 1.82) is 0 Å². The molecule has 0 saturated heterocycles. The number of benzene rings is 1. The maximum absolute atomic E-state index is 5.71. The lowest BCUT2D eigenvalue weighted by atomic mass is 10.2. The van der Waals surface area contributed by atoms with Crippen LogP contribution in [0.4, 0.5) is 0 Å². The lowest BCUT2D eigenvalue weighted by molar-refractivity contribution is 0.575. The zero-order valence-electron chi connectivity index (χ0n) is 7.30. The van der Waals surface area contributed by atoms with Gasteiger partial charge < -0.3 is 4.43 Å². The SMILES string of the molecule is C[Si](C)Oc1ccccc1CBr. The summed E-state index contributed by atoms with van der Waals surface area (Å²) in [6.07, 6.45) is 0. The number of alkyl halides is 1. The molecule has 65 valence electrons. The van der Waals surface area contributed by atoms with Gasteiger partial charge in [0.05, 0.1) is 0 Å². The molecule has 0 heterocycles. The van der Waals surface area contributed by atoms with Crippen LogP contribution in [0.2, 0.25) is 13.1 Å². The van der Waals surface area contributed by atoms with E-state index in [1.807, 2.05) is 18.2 Å². The average molecular weight is 244 g/mol. The predicted molar refractivity (Wildman–Crippen MR) is 57.2 cm³/mol. The third kappa shape index (κ3) is 2.64. The molecule has 1 aromatic carbocycles. The Morgan fingerprint density at radius 2 is 2.00 bits per heavy atom. The van der Waals surface area contributed by atoms with E-state index in [1.54, 1.807) is 0 Å². The molecule has 1 nitrogen and oxygen atoms in total. The van der Waals surface area contributed by atoms with Crippen LogP contribution < -0.4 is 4.43 Å².